The number of hydrogen-bond donors (Lipinski definition) is 0. The van der Waals surface area contributed by atoms with Gasteiger partial charge in [0.2, 0.25) is 5.91 Å². The number of nitrogens with zero attached hydrogens (tertiary/aromatic N) is 1. The summed E-state index contributed by atoms with van der Waals surface area (Å²) in [7, 11) is 0. The van der Waals surface area contributed by atoms with E-state index in [1.807, 2.05) is 13.8 Å². The molecule has 5 heteroatoms. The van der Waals surface area contributed by atoms with Gasteiger partial charge in [-0.25, -0.2) is 0 Å². The van der Waals surface area contributed by atoms with E-state index < -0.39 is 4.75 Å². The fourth-order valence-corrected chi connectivity index (χ4v) is 2.90. The minimum atomic E-state index is -0.464. The third-order valence-electron chi connectivity index (χ3n) is 2.01. The zero-order valence-electron chi connectivity index (χ0n) is 8.49. The second kappa shape index (κ2) is 3.98. The van der Waals surface area contributed by atoms with Gasteiger partial charge < -0.3 is 0 Å². The Labute approximate surface area is 93.2 Å². The number of Topliss-reactive ketones (excluding diaryl/α,β-unsaturated/α-hetero) is 1. The second-order valence-corrected chi connectivity index (χ2v) is 6.04. The number of ketones is 1. The Balaban J connectivity index is 2.67. The van der Waals surface area contributed by atoms with E-state index >= 15 is 0 Å². The molecule has 0 radical (unpaired) electrons. The van der Waals surface area contributed by atoms with Gasteiger partial charge in [-0.15, -0.1) is 0 Å². The first-order chi connectivity index (χ1) is 6.34. The second-order valence-electron chi connectivity index (χ2n) is 3.79. The molecule has 78 valence electrons. The van der Waals surface area contributed by atoms with Crippen molar-refractivity contribution in [1.29, 1.82) is 0 Å². The lowest BCUT2D eigenvalue weighted by atomic mass is 10.2. The van der Waals surface area contributed by atoms with Gasteiger partial charge in [0.25, 0.3) is 0 Å². The Morgan fingerprint density at radius 3 is 2.50 bits per heavy atom. The molecule has 0 aromatic carbocycles. The monoisotopic (exact) mass is 231 g/mol. The van der Waals surface area contributed by atoms with E-state index in [-0.39, 0.29) is 11.7 Å². The number of carbonyl (C=O) groups excluding carboxylic acids is 2. The van der Waals surface area contributed by atoms with Gasteiger partial charge >= 0.3 is 0 Å². The van der Waals surface area contributed by atoms with Crippen LogP contribution in [0.25, 0.3) is 0 Å². The Morgan fingerprint density at radius 1 is 1.57 bits per heavy atom. The quantitative estimate of drug-likeness (QED) is 0.692. The molecule has 0 aromatic rings. The van der Waals surface area contributed by atoms with Crippen molar-refractivity contribution in [3.05, 3.63) is 0 Å². The highest BCUT2D eigenvalue weighted by Crippen LogP contribution is 2.36. The van der Waals surface area contributed by atoms with Crippen LogP contribution >= 0.6 is 24.0 Å². The molecule has 1 aliphatic rings. The topological polar surface area (TPSA) is 37.4 Å². The van der Waals surface area contributed by atoms with Crippen molar-refractivity contribution in [3.8, 4) is 0 Å². The summed E-state index contributed by atoms with van der Waals surface area (Å²) in [5.74, 6) is 0.0871. The van der Waals surface area contributed by atoms with E-state index in [2.05, 4.69) is 0 Å². The van der Waals surface area contributed by atoms with Crippen molar-refractivity contribution in [2.75, 3.05) is 6.54 Å². The SMILES string of the molecule is CC(=O)CCN1C(=O)C(C)(C)SC1=S. The van der Waals surface area contributed by atoms with Crippen LogP contribution in [0.3, 0.4) is 0 Å². The van der Waals surface area contributed by atoms with E-state index in [4.69, 9.17) is 12.2 Å². The number of thiocarbonyl (C=S) groups is 1. The predicted molar refractivity (Wildman–Crippen MR) is 61.3 cm³/mol. The molecule has 1 heterocycles. The van der Waals surface area contributed by atoms with Crippen LogP contribution in [0.15, 0.2) is 0 Å². The van der Waals surface area contributed by atoms with E-state index in [0.717, 1.165) is 0 Å². The van der Waals surface area contributed by atoms with Crippen LogP contribution in [-0.4, -0.2) is 32.2 Å². The maximum absolute atomic E-state index is 11.8. The van der Waals surface area contributed by atoms with Gasteiger partial charge in [-0.2, -0.15) is 0 Å². The highest BCUT2D eigenvalue weighted by Gasteiger charge is 2.43. The molecule has 0 N–H and O–H groups in total. The average molecular weight is 231 g/mol. The fourth-order valence-electron chi connectivity index (χ4n) is 1.19. The summed E-state index contributed by atoms with van der Waals surface area (Å²) in [6.07, 6.45) is 0.377. The smallest absolute Gasteiger partial charge is 0.244 e. The first kappa shape index (κ1) is 11.7. The lowest BCUT2D eigenvalue weighted by molar-refractivity contribution is -0.128. The third-order valence-corrected chi connectivity index (χ3v) is 3.56. The average Bonchev–Trinajstić information content (AvgIpc) is 2.19. The maximum Gasteiger partial charge on any atom is 0.244 e. The zero-order valence-corrected chi connectivity index (χ0v) is 10.1. The lowest BCUT2D eigenvalue weighted by Gasteiger charge is -2.16. The lowest BCUT2D eigenvalue weighted by Crippen LogP contribution is -2.36. The summed E-state index contributed by atoms with van der Waals surface area (Å²) in [6, 6.07) is 0. The van der Waals surface area contributed by atoms with E-state index in [1.54, 1.807) is 0 Å². The van der Waals surface area contributed by atoms with Crippen molar-refractivity contribution >= 4 is 40.0 Å². The predicted octanol–water partition coefficient (Wildman–Crippen LogP) is 1.60. The maximum atomic E-state index is 11.8. The molecule has 1 aliphatic heterocycles. The Bertz CT molecular complexity index is 299. The van der Waals surface area contributed by atoms with Crippen LogP contribution in [0.5, 0.6) is 0 Å². The summed E-state index contributed by atoms with van der Waals surface area (Å²) in [5.41, 5.74) is 0. The van der Waals surface area contributed by atoms with E-state index in [1.165, 1.54) is 23.6 Å². The standard InChI is InChI=1S/C9H13NO2S2/c1-6(11)4-5-10-7(12)9(2,3)14-8(10)13/h4-5H2,1-3H3. The molecule has 0 spiro atoms. The van der Waals surface area contributed by atoms with Gasteiger partial charge in [-0.05, 0) is 20.8 Å². The molecule has 0 bridgehead atoms. The largest absolute Gasteiger partial charge is 0.300 e. The van der Waals surface area contributed by atoms with E-state index in [9.17, 15) is 9.59 Å². The molecule has 0 atom stereocenters. The Kier molecular flexibility index (Phi) is 3.32. The van der Waals surface area contributed by atoms with Gasteiger partial charge in [0.1, 0.15) is 10.1 Å². The third kappa shape index (κ3) is 2.33. The number of thioether (sulfide) groups is 1. The molecule has 1 saturated heterocycles. The summed E-state index contributed by atoms with van der Waals surface area (Å²) in [6.45, 7) is 5.63. The normalized spacial score (nSPS) is 20.4. The Hall–Kier alpha value is -0.420. The molecule has 0 unspecified atom stereocenters. The zero-order chi connectivity index (χ0) is 10.9. The van der Waals surface area contributed by atoms with Gasteiger partial charge in [0.05, 0.1) is 4.75 Å². The van der Waals surface area contributed by atoms with Crippen LogP contribution in [0.1, 0.15) is 27.2 Å². The van der Waals surface area contributed by atoms with Crippen LogP contribution in [0.2, 0.25) is 0 Å². The van der Waals surface area contributed by atoms with Crippen molar-refractivity contribution in [2.24, 2.45) is 0 Å². The minimum Gasteiger partial charge on any atom is -0.300 e. The molecule has 14 heavy (non-hydrogen) atoms. The van der Waals surface area contributed by atoms with Crippen LogP contribution in [0.4, 0.5) is 0 Å². The van der Waals surface area contributed by atoms with Crippen LogP contribution in [0, 0.1) is 0 Å². The van der Waals surface area contributed by atoms with Crippen molar-refractivity contribution in [2.45, 2.75) is 31.9 Å². The fraction of sp³-hybridized carbons (Fsp3) is 0.667. The Morgan fingerprint density at radius 2 is 2.14 bits per heavy atom. The van der Waals surface area contributed by atoms with E-state index in [0.29, 0.717) is 17.3 Å². The first-order valence-electron chi connectivity index (χ1n) is 4.39. The van der Waals surface area contributed by atoms with Crippen LogP contribution < -0.4 is 0 Å². The summed E-state index contributed by atoms with van der Waals surface area (Å²) in [5, 5.41) is 0. The highest BCUT2D eigenvalue weighted by atomic mass is 32.2. The minimum absolute atomic E-state index is 0.00810. The number of rotatable bonds is 3. The molecular formula is C9H13NO2S2. The number of hydrogen-bond acceptors (Lipinski definition) is 4. The molecule has 1 amide bonds. The van der Waals surface area contributed by atoms with Crippen LogP contribution in [-0.2, 0) is 9.59 Å². The van der Waals surface area contributed by atoms with Gasteiger partial charge in [-0.1, -0.05) is 24.0 Å². The number of carbonyl (C=O) groups is 2. The summed E-state index contributed by atoms with van der Waals surface area (Å²) < 4.78 is 0.120. The molecule has 0 aromatic heterocycles. The molecule has 0 saturated carbocycles. The first-order valence-corrected chi connectivity index (χ1v) is 5.61. The number of amides is 1. The highest BCUT2D eigenvalue weighted by molar-refractivity contribution is 8.24. The molecule has 1 fully saturated rings. The molecule has 0 aliphatic carbocycles. The molecule has 3 nitrogen and oxygen atoms in total. The van der Waals surface area contributed by atoms with Crippen molar-refractivity contribution in [3.63, 3.8) is 0 Å². The van der Waals surface area contributed by atoms with Crippen molar-refractivity contribution in [1.82, 2.24) is 4.90 Å². The molecular weight excluding hydrogens is 218 g/mol. The van der Waals surface area contributed by atoms with Crippen molar-refractivity contribution < 1.29 is 9.59 Å². The van der Waals surface area contributed by atoms with Gasteiger partial charge in [0.15, 0.2) is 0 Å². The summed E-state index contributed by atoms with van der Waals surface area (Å²) in [4.78, 5) is 24.1. The van der Waals surface area contributed by atoms with Gasteiger partial charge in [-0.3, -0.25) is 14.5 Å². The molecule has 1 rings (SSSR count). The van der Waals surface area contributed by atoms with Gasteiger partial charge in [0, 0.05) is 13.0 Å². The summed E-state index contributed by atoms with van der Waals surface area (Å²) >= 11 is 6.46.